The highest BCUT2D eigenvalue weighted by Crippen LogP contribution is 2.26. The molecular weight excluding hydrogens is 288 g/mol. The van der Waals surface area contributed by atoms with Crippen LogP contribution < -0.4 is 5.73 Å². The maximum absolute atomic E-state index is 12.5. The molecule has 2 rings (SSSR count). The predicted molar refractivity (Wildman–Crippen MR) is 87.6 cm³/mol. The molecule has 3 atom stereocenters. The molecule has 4 nitrogen and oxygen atoms in total. The Balaban J connectivity index is 0.00000220. The van der Waals surface area contributed by atoms with Crippen molar-refractivity contribution in [2.45, 2.75) is 64.5 Å². The minimum absolute atomic E-state index is 0. The van der Waals surface area contributed by atoms with E-state index >= 15 is 0 Å². The van der Waals surface area contributed by atoms with Gasteiger partial charge in [-0.05, 0) is 38.0 Å². The summed E-state index contributed by atoms with van der Waals surface area (Å²) in [4.78, 5) is 14.5. The number of amides is 1. The summed E-state index contributed by atoms with van der Waals surface area (Å²) in [6, 6.07) is 0.221. The molecule has 3 unspecified atom stereocenters. The van der Waals surface area contributed by atoms with Crippen molar-refractivity contribution in [2.24, 2.45) is 17.6 Å². The molecule has 0 spiro atoms. The number of likely N-dealkylation sites (tertiary alicyclic amines) is 1. The van der Waals surface area contributed by atoms with E-state index in [1.807, 2.05) is 4.90 Å². The average Bonchev–Trinajstić information content (AvgIpc) is 2.86. The summed E-state index contributed by atoms with van der Waals surface area (Å²) in [6.45, 7) is 6.87. The highest BCUT2D eigenvalue weighted by Gasteiger charge is 2.33. The molecule has 2 aliphatic rings. The van der Waals surface area contributed by atoms with Crippen molar-refractivity contribution in [3.8, 4) is 0 Å². The zero-order chi connectivity index (χ0) is 14.5. The quantitative estimate of drug-likeness (QED) is 0.847. The van der Waals surface area contributed by atoms with Crippen molar-refractivity contribution in [3.63, 3.8) is 0 Å². The van der Waals surface area contributed by atoms with Crippen LogP contribution in [-0.4, -0.2) is 42.6 Å². The monoisotopic (exact) mass is 318 g/mol. The molecule has 0 radical (unpaired) electrons. The van der Waals surface area contributed by atoms with Crippen LogP contribution in [0.4, 0.5) is 0 Å². The van der Waals surface area contributed by atoms with E-state index < -0.39 is 0 Å². The van der Waals surface area contributed by atoms with Crippen LogP contribution in [0.25, 0.3) is 0 Å². The molecule has 0 aromatic rings. The molecule has 1 saturated heterocycles. The van der Waals surface area contributed by atoms with Crippen molar-refractivity contribution in [2.75, 3.05) is 19.7 Å². The second-order valence-electron chi connectivity index (χ2n) is 6.87. The van der Waals surface area contributed by atoms with E-state index in [2.05, 4.69) is 13.8 Å². The van der Waals surface area contributed by atoms with E-state index in [0.717, 1.165) is 58.2 Å². The molecule has 0 aromatic carbocycles. The first kappa shape index (κ1) is 18.7. The Labute approximate surface area is 135 Å². The SMILES string of the molecule is CC(C)CCOC1CCN(C(=O)C2CCCC(N)C2)C1.Cl. The van der Waals surface area contributed by atoms with Gasteiger partial charge in [-0.15, -0.1) is 12.4 Å². The Morgan fingerprint density at radius 1 is 1.33 bits per heavy atom. The van der Waals surface area contributed by atoms with E-state index in [1.54, 1.807) is 0 Å². The van der Waals surface area contributed by atoms with Crippen molar-refractivity contribution in [1.29, 1.82) is 0 Å². The number of ether oxygens (including phenoxy) is 1. The largest absolute Gasteiger partial charge is 0.376 e. The van der Waals surface area contributed by atoms with Gasteiger partial charge in [0.2, 0.25) is 5.91 Å². The molecule has 2 fully saturated rings. The van der Waals surface area contributed by atoms with Crippen molar-refractivity contribution in [3.05, 3.63) is 0 Å². The molecule has 21 heavy (non-hydrogen) atoms. The minimum atomic E-state index is 0. The molecule has 124 valence electrons. The zero-order valence-corrected chi connectivity index (χ0v) is 14.2. The van der Waals surface area contributed by atoms with Crippen LogP contribution in [0.5, 0.6) is 0 Å². The third-order valence-electron chi connectivity index (χ3n) is 4.57. The number of carbonyl (C=O) groups is 1. The maximum Gasteiger partial charge on any atom is 0.225 e. The van der Waals surface area contributed by atoms with Gasteiger partial charge < -0.3 is 15.4 Å². The second-order valence-corrected chi connectivity index (χ2v) is 6.87. The summed E-state index contributed by atoms with van der Waals surface area (Å²) in [7, 11) is 0. The summed E-state index contributed by atoms with van der Waals surface area (Å²) in [6.07, 6.45) is 6.39. The molecule has 0 aromatic heterocycles. The second kappa shape index (κ2) is 8.96. The summed E-state index contributed by atoms with van der Waals surface area (Å²) < 4.78 is 5.88. The molecule has 1 heterocycles. The number of carbonyl (C=O) groups excluding carboxylic acids is 1. The number of hydrogen-bond donors (Lipinski definition) is 1. The molecule has 1 amide bonds. The Morgan fingerprint density at radius 2 is 2.10 bits per heavy atom. The summed E-state index contributed by atoms with van der Waals surface area (Å²) >= 11 is 0. The maximum atomic E-state index is 12.5. The lowest BCUT2D eigenvalue weighted by Gasteiger charge is -2.29. The lowest BCUT2D eigenvalue weighted by Crippen LogP contribution is -2.40. The van der Waals surface area contributed by atoms with Crippen molar-refractivity contribution < 1.29 is 9.53 Å². The molecule has 2 N–H and O–H groups in total. The molecule has 0 bridgehead atoms. The number of nitrogens with two attached hydrogens (primary N) is 1. The Morgan fingerprint density at radius 3 is 2.76 bits per heavy atom. The normalized spacial score (nSPS) is 29.5. The fourth-order valence-electron chi connectivity index (χ4n) is 3.24. The predicted octanol–water partition coefficient (Wildman–Crippen LogP) is 2.59. The van der Waals surface area contributed by atoms with E-state index in [-0.39, 0.29) is 30.5 Å². The van der Waals surface area contributed by atoms with Gasteiger partial charge in [0, 0.05) is 31.7 Å². The van der Waals surface area contributed by atoms with E-state index in [9.17, 15) is 4.79 Å². The van der Waals surface area contributed by atoms with Crippen LogP contribution in [-0.2, 0) is 9.53 Å². The van der Waals surface area contributed by atoms with Crippen LogP contribution in [0.15, 0.2) is 0 Å². The van der Waals surface area contributed by atoms with E-state index in [0.29, 0.717) is 11.8 Å². The number of rotatable bonds is 5. The van der Waals surface area contributed by atoms with Crippen LogP contribution in [0.2, 0.25) is 0 Å². The molecule has 1 saturated carbocycles. The minimum Gasteiger partial charge on any atom is -0.376 e. The highest BCUT2D eigenvalue weighted by atomic mass is 35.5. The molecule has 1 aliphatic heterocycles. The first-order valence-electron chi connectivity index (χ1n) is 8.22. The average molecular weight is 319 g/mol. The number of halogens is 1. The first-order valence-corrected chi connectivity index (χ1v) is 8.22. The molecular formula is C16H31ClN2O2. The van der Waals surface area contributed by atoms with Gasteiger partial charge in [-0.1, -0.05) is 20.3 Å². The third-order valence-corrected chi connectivity index (χ3v) is 4.57. The Kier molecular flexibility index (Phi) is 7.99. The standard InChI is InChI=1S/C16H30N2O2.ClH/c1-12(2)7-9-20-15-6-8-18(11-15)16(19)13-4-3-5-14(17)10-13;/h12-15H,3-11,17H2,1-2H3;1H. The summed E-state index contributed by atoms with van der Waals surface area (Å²) in [5, 5.41) is 0. The lowest BCUT2D eigenvalue weighted by molar-refractivity contribution is -0.136. The van der Waals surface area contributed by atoms with Crippen LogP contribution in [0, 0.1) is 11.8 Å². The van der Waals surface area contributed by atoms with Crippen LogP contribution >= 0.6 is 12.4 Å². The highest BCUT2D eigenvalue weighted by molar-refractivity contribution is 5.85. The van der Waals surface area contributed by atoms with Gasteiger partial charge in [0.1, 0.15) is 0 Å². The first-order chi connectivity index (χ1) is 9.56. The van der Waals surface area contributed by atoms with Crippen molar-refractivity contribution in [1.82, 2.24) is 4.90 Å². The van der Waals surface area contributed by atoms with Crippen molar-refractivity contribution >= 4 is 18.3 Å². The van der Waals surface area contributed by atoms with Gasteiger partial charge in [-0.2, -0.15) is 0 Å². The van der Waals surface area contributed by atoms with Gasteiger partial charge in [0.25, 0.3) is 0 Å². The number of hydrogen-bond acceptors (Lipinski definition) is 3. The van der Waals surface area contributed by atoms with Gasteiger partial charge >= 0.3 is 0 Å². The van der Waals surface area contributed by atoms with Gasteiger partial charge in [0.05, 0.1) is 6.10 Å². The van der Waals surface area contributed by atoms with E-state index in [4.69, 9.17) is 10.5 Å². The Hall–Kier alpha value is -0.320. The summed E-state index contributed by atoms with van der Waals surface area (Å²) in [5.41, 5.74) is 5.99. The van der Waals surface area contributed by atoms with Crippen LogP contribution in [0.3, 0.4) is 0 Å². The lowest BCUT2D eigenvalue weighted by atomic mass is 9.85. The van der Waals surface area contributed by atoms with Crippen LogP contribution in [0.1, 0.15) is 52.4 Å². The van der Waals surface area contributed by atoms with E-state index in [1.165, 1.54) is 0 Å². The summed E-state index contributed by atoms with van der Waals surface area (Å²) in [5.74, 6) is 1.15. The topological polar surface area (TPSA) is 55.6 Å². The molecule has 5 heteroatoms. The molecule has 1 aliphatic carbocycles. The fraction of sp³-hybridized carbons (Fsp3) is 0.938. The zero-order valence-electron chi connectivity index (χ0n) is 13.4. The van der Waals surface area contributed by atoms with Gasteiger partial charge in [0.15, 0.2) is 0 Å². The van der Waals surface area contributed by atoms with Gasteiger partial charge in [-0.25, -0.2) is 0 Å². The fourth-order valence-corrected chi connectivity index (χ4v) is 3.24. The smallest absolute Gasteiger partial charge is 0.225 e. The third kappa shape index (κ3) is 5.76. The number of nitrogens with zero attached hydrogens (tertiary/aromatic N) is 1. The van der Waals surface area contributed by atoms with Gasteiger partial charge in [-0.3, -0.25) is 4.79 Å². The Bertz CT molecular complexity index is 325.